The van der Waals surface area contributed by atoms with Crippen molar-refractivity contribution in [1.82, 2.24) is 0 Å². The predicted octanol–water partition coefficient (Wildman–Crippen LogP) is 3.59. The van der Waals surface area contributed by atoms with Crippen molar-refractivity contribution in [3.63, 3.8) is 0 Å². The number of amides is 2. The molecular formula is C16H21NO2. The summed E-state index contributed by atoms with van der Waals surface area (Å²) in [6.45, 7) is 8.36. The number of imide groups is 1. The van der Waals surface area contributed by atoms with Crippen LogP contribution in [0.2, 0.25) is 0 Å². The van der Waals surface area contributed by atoms with Gasteiger partial charge in [0.1, 0.15) is 0 Å². The van der Waals surface area contributed by atoms with Gasteiger partial charge in [-0.2, -0.15) is 0 Å². The van der Waals surface area contributed by atoms with Crippen LogP contribution in [-0.4, -0.2) is 11.8 Å². The molecule has 1 aromatic carbocycles. The van der Waals surface area contributed by atoms with Gasteiger partial charge in [0.15, 0.2) is 0 Å². The van der Waals surface area contributed by atoms with Gasteiger partial charge in [-0.15, -0.1) is 0 Å². The molecule has 0 radical (unpaired) electrons. The molecule has 0 atom stereocenters. The molecule has 1 aliphatic heterocycles. The smallest absolute Gasteiger partial charge is 0.234 e. The van der Waals surface area contributed by atoms with Crippen LogP contribution in [0.4, 0.5) is 5.69 Å². The number of rotatable bonds is 3. The van der Waals surface area contributed by atoms with E-state index in [1.165, 1.54) is 4.90 Å². The Kier molecular flexibility index (Phi) is 3.74. The second kappa shape index (κ2) is 5.16. The lowest BCUT2D eigenvalue weighted by Crippen LogP contribution is -2.31. The van der Waals surface area contributed by atoms with Crippen LogP contribution < -0.4 is 4.90 Å². The molecule has 102 valence electrons. The van der Waals surface area contributed by atoms with Crippen LogP contribution in [0.3, 0.4) is 0 Å². The van der Waals surface area contributed by atoms with Gasteiger partial charge in [-0.05, 0) is 23.0 Å². The molecule has 1 fully saturated rings. The Labute approximate surface area is 114 Å². The van der Waals surface area contributed by atoms with Crippen LogP contribution in [0, 0.1) is 0 Å². The minimum atomic E-state index is -0.0694. The first-order valence-corrected chi connectivity index (χ1v) is 6.92. The molecule has 0 unspecified atom stereocenters. The van der Waals surface area contributed by atoms with Gasteiger partial charge in [0.2, 0.25) is 11.8 Å². The van der Waals surface area contributed by atoms with Crippen LogP contribution in [0.15, 0.2) is 18.2 Å². The Morgan fingerprint density at radius 3 is 1.68 bits per heavy atom. The van der Waals surface area contributed by atoms with Crippen molar-refractivity contribution in [2.45, 2.75) is 52.4 Å². The quantitative estimate of drug-likeness (QED) is 0.778. The zero-order valence-electron chi connectivity index (χ0n) is 12.1. The third kappa shape index (κ3) is 2.42. The minimum absolute atomic E-state index is 0.0694. The number of hydrogen-bond acceptors (Lipinski definition) is 2. The zero-order chi connectivity index (χ0) is 14.2. The van der Waals surface area contributed by atoms with Crippen LogP contribution in [0.1, 0.15) is 63.5 Å². The molecule has 3 heteroatoms. The SMILES string of the molecule is CC(C)c1cccc(C(C)C)c1N1C(=O)CCC1=O. The van der Waals surface area contributed by atoms with E-state index in [2.05, 4.69) is 27.7 Å². The highest BCUT2D eigenvalue weighted by atomic mass is 16.2. The third-order valence-corrected chi connectivity index (χ3v) is 3.62. The van der Waals surface area contributed by atoms with Crippen molar-refractivity contribution >= 4 is 17.5 Å². The van der Waals surface area contributed by atoms with Gasteiger partial charge in [0, 0.05) is 12.8 Å². The summed E-state index contributed by atoms with van der Waals surface area (Å²) in [6.07, 6.45) is 0.672. The van der Waals surface area contributed by atoms with Gasteiger partial charge in [0.25, 0.3) is 0 Å². The summed E-state index contributed by atoms with van der Waals surface area (Å²) >= 11 is 0. The molecule has 0 aliphatic carbocycles. The van der Waals surface area contributed by atoms with E-state index >= 15 is 0 Å². The van der Waals surface area contributed by atoms with Crippen molar-refractivity contribution in [2.75, 3.05) is 4.90 Å². The van der Waals surface area contributed by atoms with E-state index in [4.69, 9.17) is 0 Å². The zero-order valence-corrected chi connectivity index (χ0v) is 12.1. The number of carbonyl (C=O) groups is 2. The maximum absolute atomic E-state index is 12.0. The monoisotopic (exact) mass is 259 g/mol. The van der Waals surface area contributed by atoms with E-state index in [0.717, 1.165) is 16.8 Å². The Morgan fingerprint density at radius 2 is 1.32 bits per heavy atom. The Bertz CT molecular complexity index is 475. The average molecular weight is 259 g/mol. The summed E-state index contributed by atoms with van der Waals surface area (Å²) in [4.78, 5) is 25.5. The highest BCUT2D eigenvalue weighted by molar-refractivity contribution is 6.20. The van der Waals surface area contributed by atoms with Crippen molar-refractivity contribution in [2.24, 2.45) is 0 Å². The molecule has 0 saturated carbocycles. The minimum Gasteiger partial charge on any atom is -0.274 e. The highest BCUT2D eigenvalue weighted by Crippen LogP contribution is 2.37. The molecule has 19 heavy (non-hydrogen) atoms. The first kappa shape index (κ1) is 13.8. The van der Waals surface area contributed by atoms with Crippen molar-refractivity contribution in [3.05, 3.63) is 29.3 Å². The lowest BCUT2D eigenvalue weighted by molar-refractivity contribution is -0.121. The van der Waals surface area contributed by atoms with E-state index in [1.807, 2.05) is 18.2 Å². The van der Waals surface area contributed by atoms with Crippen molar-refractivity contribution in [1.29, 1.82) is 0 Å². The van der Waals surface area contributed by atoms with E-state index < -0.39 is 0 Å². The maximum Gasteiger partial charge on any atom is 0.234 e. The number of nitrogens with zero attached hydrogens (tertiary/aromatic N) is 1. The van der Waals surface area contributed by atoms with Gasteiger partial charge in [-0.25, -0.2) is 4.90 Å². The summed E-state index contributed by atoms with van der Waals surface area (Å²) in [5.41, 5.74) is 2.99. The maximum atomic E-state index is 12.0. The average Bonchev–Trinajstić information content (AvgIpc) is 2.67. The summed E-state index contributed by atoms with van der Waals surface area (Å²) in [5, 5.41) is 0. The molecule has 2 amide bonds. The molecule has 0 bridgehead atoms. The summed E-state index contributed by atoms with van der Waals surface area (Å²) in [5.74, 6) is 0.435. The fourth-order valence-corrected chi connectivity index (χ4v) is 2.60. The van der Waals surface area contributed by atoms with Crippen LogP contribution >= 0.6 is 0 Å². The number of hydrogen-bond donors (Lipinski definition) is 0. The van der Waals surface area contributed by atoms with Crippen LogP contribution in [0.25, 0.3) is 0 Å². The second-order valence-corrected chi connectivity index (χ2v) is 5.72. The Hall–Kier alpha value is -1.64. The Morgan fingerprint density at radius 1 is 0.895 bits per heavy atom. The summed E-state index contributed by atoms with van der Waals surface area (Å²) < 4.78 is 0. The van der Waals surface area contributed by atoms with Crippen LogP contribution in [0.5, 0.6) is 0 Å². The summed E-state index contributed by atoms with van der Waals surface area (Å²) in [6, 6.07) is 6.05. The molecule has 1 aromatic rings. The van der Waals surface area contributed by atoms with Gasteiger partial charge >= 0.3 is 0 Å². The highest BCUT2D eigenvalue weighted by Gasteiger charge is 2.34. The van der Waals surface area contributed by atoms with Crippen molar-refractivity contribution < 1.29 is 9.59 Å². The molecule has 0 N–H and O–H groups in total. The molecule has 3 nitrogen and oxygen atoms in total. The number of carbonyl (C=O) groups excluding carboxylic acids is 2. The molecule has 1 heterocycles. The molecule has 2 rings (SSSR count). The van der Waals surface area contributed by atoms with E-state index in [0.29, 0.717) is 12.8 Å². The fraction of sp³-hybridized carbons (Fsp3) is 0.500. The second-order valence-electron chi connectivity index (χ2n) is 5.72. The molecular weight excluding hydrogens is 238 g/mol. The molecule has 0 spiro atoms. The van der Waals surface area contributed by atoms with Gasteiger partial charge in [0.05, 0.1) is 5.69 Å². The number of anilines is 1. The van der Waals surface area contributed by atoms with E-state index in [9.17, 15) is 9.59 Å². The number of benzene rings is 1. The first-order chi connectivity index (χ1) is 8.93. The lowest BCUT2D eigenvalue weighted by atomic mass is 9.92. The van der Waals surface area contributed by atoms with E-state index in [1.54, 1.807) is 0 Å². The van der Waals surface area contributed by atoms with E-state index in [-0.39, 0.29) is 23.7 Å². The summed E-state index contributed by atoms with van der Waals surface area (Å²) in [7, 11) is 0. The third-order valence-electron chi connectivity index (χ3n) is 3.62. The fourth-order valence-electron chi connectivity index (χ4n) is 2.60. The first-order valence-electron chi connectivity index (χ1n) is 6.92. The Balaban J connectivity index is 2.64. The number of para-hydroxylation sites is 1. The molecule has 1 aliphatic rings. The van der Waals surface area contributed by atoms with Crippen molar-refractivity contribution in [3.8, 4) is 0 Å². The topological polar surface area (TPSA) is 37.4 Å². The standard InChI is InChI=1S/C16H21NO2/c1-10(2)12-6-5-7-13(11(3)4)16(12)17-14(18)8-9-15(17)19/h5-7,10-11H,8-9H2,1-4H3. The van der Waals surface area contributed by atoms with Gasteiger partial charge in [-0.3, -0.25) is 9.59 Å². The van der Waals surface area contributed by atoms with Gasteiger partial charge < -0.3 is 0 Å². The normalized spacial score (nSPS) is 16.0. The largest absolute Gasteiger partial charge is 0.274 e. The molecule has 0 aromatic heterocycles. The van der Waals surface area contributed by atoms with Crippen LogP contribution in [-0.2, 0) is 9.59 Å². The molecule has 1 saturated heterocycles. The predicted molar refractivity (Wildman–Crippen MR) is 76.3 cm³/mol. The lowest BCUT2D eigenvalue weighted by Gasteiger charge is -2.25. The van der Waals surface area contributed by atoms with Gasteiger partial charge in [-0.1, -0.05) is 45.9 Å².